The van der Waals surface area contributed by atoms with E-state index in [4.69, 9.17) is 32.4 Å². The van der Waals surface area contributed by atoms with Crippen LogP contribution >= 0.6 is 23.2 Å². The molecule has 0 aliphatic rings. The molecule has 0 radical (unpaired) electrons. The molecule has 1 aromatic carbocycles. The summed E-state index contributed by atoms with van der Waals surface area (Å²) in [7, 11) is 0. The van der Waals surface area contributed by atoms with Crippen LogP contribution in [-0.2, 0) is 11.3 Å². The molecule has 2 heterocycles. The molecule has 0 spiro atoms. The summed E-state index contributed by atoms with van der Waals surface area (Å²) in [5, 5.41) is 10.2. The molecule has 0 fully saturated rings. The number of hydrogen-bond donors (Lipinski definition) is 1. The molecule has 1 N–H and O–H groups in total. The van der Waals surface area contributed by atoms with Gasteiger partial charge in [0.05, 0.1) is 10.6 Å². The number of aromatic nitrogens is 1. The minimum atomic E-state index is -0.666. The normalized spacial score (nSPS) is 10.8. The molecule has 0 bridgehead atoms. The van der Waals surface area contributed by atoms with Gasteiger partial charge in [-0.2, -0.15) is 0 Å². The predicted molar refractivity (Wildman–Crippen MR) is 87.5 cm³/mol. The van der Waals surface area contributed by atoms with E-state index in [1.807, 2.05) is 0 Å². The van der Waals surface area contributed by atoms with Gasteiger partial charge in [-0.1, -0.05) is 23.2 Å². The molecule has 0 saturated heterocycles. The molecule has 24 heavy (non-hydrogen) atoms. The van der Waals surface area contributed by atoms with Gasteiger partial charge >= 0.3 is 11.6 Å². The summed E-state index contributed by atoms with van der Waals surface area (Å²) in [6.07, 6.45) is 1.24. The van der Waals surface area contributed by atoms with Gasteiger partial charge < -0.3 is 14.3 Å². The molecular weight excluding hydrogens is 357 g/mol. The molecule has 3 rings (SSSR count). The number of esters is 1. The highest BCUT2D eigenvalue weighted by molar-refractivity contribution is 6.41. The Hall–Kier alpha value is -2.57. The van der Waals surface area contributed by atoms with Crippen molar-refractivity contribution in [1.29, 1.82) is 0 Å². The minimum absolute atomic E-state index is 0.0401. The van der Waals surface area contributed by atoms with E-state index >= 15 is 0 Å². The van der Waals surface area contributed by atoms with Crippen LogP contribution in [0.5, 0.6) is 5.75 Å². The van der Waals surface area contributed by atoms with Crippen LogP contribution in [0.25, 0.3) is 11.0 Å². The summed E-state index contributed by atoms with van der Waals surface area (Å²) in [6.45, 7) is -0.161. The zero-order chi connectivity index (χ0) is 17.3. The van der Waals surface area contributed by atoms with Crippen molar-refractivity contribution < 1.29 is 19.1 Å². The molecule has 0 unspecified atom stereocenters. The van der Waals surface area contributed by atoms with Crippen molar-refractivity contribution >= 4 is 40.1 Å². The van der Waals surface area contributed by atoms with Gasteiger partial charge in [0.25, 0.3) is 0 Å². The van der Waals surface area contributed by atoms with Gasteiger partial charge in [0, 0.05) is 29.3 Å². The summed E-state index contributed by atoms with van der Waals surface area (Å²) < 4.78 is 10.2. The monoisotopic (exact) mass is 365 g/mol. The lowest BCUT2D eigenvalue weighted by Gasteiger charge is -2.08. The number of phenols is 1. The highest BCUT2D eigenvalue weighted by Gasteiger charge is 2.13. The molecule has 8 heteroatoms. The van der Waals surface area contributed by atoms with Crippen LogP contribution in [0.3, 0.4) is 0 Å². The largest absolute Gasteiger partial charge is 0.508 e. The van der Waals surface area contributed by atoms with Crippen molar-refractivity contribution in [1.82, 2.24) is 4.98 Å². The molecule has 0 aliphatic heterocycles. The predicted octanol–water partition coefficient (Wildman–Crippen LogP) is 3.56. The standard InChI is InChI=1S/C16H9Cl2NO5/c17-12-3-8(6-19-15(12)18)16(22)23-7-9-4-14(21)24-13-5-10(20)1-2-11(9)13/h1-6,20H,7H2. The van der Waals surface area contributed by atoms with E-state index in [-0.39, 0.29) is 33.7 Å². The summed E-state index contributed by atoms with van der Waals surface area (Å²) in [6, 6.07) is 6.88. The third-order valence-electron chi connectivity index (χ3n) is 3.20. The number of benzene rings is 1. The quantitative estimate of drug-likeness (QED) is 0.433. The Labute approximate surface area is 145 Å². The summed E-state index contributed by atoms with van der Waals surface area (Å²) >= 11 is 11.5. The van der Waals surface area contributed by atoms with Gasteiger partial charge in [-0.15, -0.1) is 0 Å². The smallest absolute Gasteiger partial charge is 0.340 e. The Balaban J connectivity index is 1.86. The number of hydrogen-bond acceptors (Lipinski definition) is 6. The maximum Gasteiger partial charge on any atom is 0.340 e. The maximum absolute atomic E-state index is 12.1. The van der Waals surface area contributed by atoms with Crippen LogP contribution in [0.1, 0.15) is 15.9 Å². The fourth-order valence-electron chi connectivity index (χ4n) is 2.10. The Morgan fingerprint density at radius 1 is 1.25 bits per heavy atom. The summed E-state index contributed by atoms with van der Waals surface area (Å²) in [5.74, 6) is -0.706. The summed E-state index contributed by atoms with van der Waals surface area (Å²) in [5.41, 5.74) is 0.164. The van der Waals surface area contributed by atoms with Crippen LogP contribution < -0.4 is 5.63 Å². The van der Waals surface area contributed by atoms with Gasteiger partial charge in [-0.3, -0.25) is 0 Å². The van der Waals surface area contributed by atoms with Gasteiger partial charge in [-0.25, -0.2) is 14.6 Å². The third-order valence-corrected chi connectivity index (χ3v) is 3.89. The Bertz CT molecular complexity index is 999. The lowest BCUT2D eigenvalue weighted by atomic mass is 10.1. The number of phenolic OH excluding ortho intramolecular Hbond substituents is 1. The zero-order valence-corrected chi connectivity index (χ0v) is 13.5. The SMILES string of the molecule is O=C(OCc1cc(=O)oc2cc(O)ccc12)c1cnc(Cl)c(Cl)c1. The van der Waals surface area contributed by atoms with E-state index < -0.39 is 11.6 Å². The number of carbonyl (C=O) groups excluding carboxylic acids is 1. The second-order valence-electron chi connectivity index (χ2n) is 4.84. The average Bonchev–Trinajstić information content (AvgIpc) is 2.54. The number of nitrogens with zero attached hydrogens (tertiary/aromatic N) is 1. The topological polar surface area (TPSA) is 89.6 Å². The van der Waals surface area contributed by atoms with Crippen molar-refractivity contribution in [2.75, 3.05) is 0 Å². The molecule has 122 valence electrons. The van der Waals surface area contributed by atoms with E-state index in [1.54, 1.807) is 6.07 Å². The number of rotatable bonds is 3. The molecule has 0 atom stereocenters. The average molecular weight is 366 g/mol. The number of fused-ring (bicyclic) bond motifs is 1. The van der Waals surface area contributed by atoms with E-state index in [0.29, 0.717) is 10.9 Å². The number of halogens is 2. The first kappa shape index (κ1) is 16.3. The Morgan fingerprint density at radius 3 is 2.79 bits per heavy atom. The van der Waals surface area contributed by atoms with E-state index in [9.17, 15) is 14.7 Å². The van der Waals surface area contributed by atoms with E-state index in [0.717, 1.165) is 0 Å². The highest BCUT2D eigenvalue weighted by Crippen LogP contribution is 2.23. The van der Waals surface area contributed by atoms with Crippen molar-refractivity contribution in [2.45, 2.75) is 6.61 Å². The van der Waals surface area contributed by atoms with Crippen molar-refractivity contribution in [2.24, 2.45) is 0 Å². The molecule has 0 saturated carbocycles. The molecule has 2 aromatic heterocycles. The molecule has 0 aliphatic carbocycles. The van der Waals surface area contributed by atoms with Crippen molar-refractivity contribution in [3.05, 3.63) is 68.3 Å². The fraction of sp³-hybridized carbons (Fsp3) is 0.0625. The Kier molecular flexibility index (Phi) is 4.42. The van der Waals surface area contributed by atoms with Gasteiger partial charge in [-0.05, 0) is 18.2 Å². The van der Waals surface area contributed by atoms with Crippen LogP contribution in [-0.4, -0.2) is 16.1 Å². The van der Waals surface area contributed by atoms with E-state index in [2.05, 4.69) is 4.98 Å². The van der Waals surface area contributed by atoms with Crippen LogP contribution in [0.15, 0.2) is 45.7 Å². The van der Waals surface area contributed by atoms with Crippen molar-refractivity contribution in [3.63, 3.8) is 0 Å². The van der Waals surface area contributed by atoms with Crippen LogP contribution in [0, 0.1) is 0 Å². The summed E-state index contributed by atoms with van der Waals surface area (Å²) in [4.78, 5) is 27.4. The third kappa shape index (κ3) is 3.34. The number of aromatic hydroxyl groups is 1. The molecule has 3 aromatic rings. The van der Waals surface area contributed by atoms with Gasteiger partial charge in [0.1, 0.15) is 23.1 Å². The fourth-order valence-corrected chi connectivity index (χ4v) is 2.37. The van der Waals surface area contributed by atoms with E-state index in [1.165, 1.54) is 30.5 Å². The molecule has 0 amide bonds. The number of carbonyl (C=O) groups is 1. The Morgan fingerprint density at radius 2 is 2.04 bits per heavy atom. The second kappa shape index (κ2) is 6.51. The van der Waals surface area contributed by atoms with Gasteiger partial charge in [0.15, 0.2) is 0 Å². The minimum Gasteiger partial charge on any atom is -0.508 e. The molecular formula is C16H9Cl2NO5. The maximum atomic E-state index is 12.1. The lowest BCUT2D eigenvalue weighted by molar-refractivity contribution is 0.0473. The number of ether oxygens (including phenoxy) is 1. The van der Waals surface area contributed by atoms with Gasteiger partial charge in [0.2, 0.25) is 0 Å². The van der Waals surface area contributed by atoms with Crippen molar-refractivity contribution in [3.8, 4) is 5.75 Å². The van der Waals surface area contributed by atoms with Crippen LogP contribution in [0.4, 0.5) is 0 Å². The number of pyridine rings is 1. The zero-order valence-electron chi connectivity index (χ0n) is 12.0. The lowest BCUT2D eigenvalue weighted by Crippen LogP contribution is -2.08. The first-order valence-corrected chi connectivity index (χ1v) is 7.43. The molecule has 6 nitrogen and oxygen atoms in total. The second-order valence-corrected chi connectivity index (χ2v) is 5.61. The first-order valence-electron chi connectivity index (χ1n) is 6.68. The highest BCUT2D eigenvalue weighted by atomic mass is 35.5. The van der Waals surface area contributed by atoms with Crippen LogP contribution in [0.2, 0.25) is 10.2 Å². The first-order chi connectivity index (χ1) is 11.4.